The molecule has 0 radical (unpaired) electrons. The van der Waals surface area contributed by atoms with Crippen molar-refractivity contribution in [2.75, 3.05) is 0 Å². The molecule has 0 bridgehead atoms. The van der Waals surface area contributed by atoms with Crippen LogP contribution in [-0.2, 0) is 11.8 Å². The molecule has 160 valence electrons. The summed E-state index contributed by atoms with van der Waals surface area (Å²) in [5.41, 5.74) is 6.52. The third-order valence-electron chi connectivity index (χ3n) is 7.80. The van der Waals surface area contributed by atoms with Gasteiger partial charge in [0.05, 0.1) is 0 Å². The van der Waals surface area contributed by atoms with Crippen LogP contribution >= 0.6 is 0 Å². The summed E-state index contributed by atoms with van der Waals surface area (Å²) in [6.07, 6.45) is 16.8. The zero-order chi connectivity index (χ0) is 20.9. The van der Waals surface area contributed by atoms with E-state index >= 15 is 0 Å². The predicted molar refractivity (Wildman–Crippen MR) is 128 cm³/mol. The molecule has 0 saturated heterocycles. The van der Waals surface area contributed by atoms with Crippen LogP contribution in [0.3, 0.4) is 0 Å². The van der Waals surface area contributed by atoms with Crippen LogP contribution < -0.4 is 0 Å². The van der Waals surface area contributed by atoms with Crippen LogP contribution in [0.25, 0.3) is 0 Å². The van der Waals surface area contributed by atoms with Crippen LogP contribution in [0.2, 0.25) is 0 Å². The van der Waals surface area contributed by atoms with E-state index in [-0.39, 0.29) is 0 Å². The standard InChI is InChI=1S/C29H44/c1-6-8-26(19-22(3)9-10-25-12-13-25)14-11-24(7-2)20-27-15-17-28(18-16-27)29(5)21-23(29)4/h15-19,23-25H,3,6-14,20-21H2,1-2,4-5H3/b26-19-. The maximum absolute atomic E-state index is 4.35. The predicted octanol–water partition coefficient (Wildman–Crippen LogP) is 8.81. The number of hydrogen-bond acceptors (Lipinski definition) is 0. The molecule has 2 saturated carbocycles. The first-order chi connectivity index (χ1) is 13.9. The highest BCUT2D eigenvalue weighted by atomic mass is 14.5. The van der Waals surface area contributed by atoms with E-state index in [9.17, 15) is 0 Å². The Bertz CT molecular complexity index is 687. The fourth-order valence-corrected chi connectivity index (χ4v) is 4.92. The lowest BCUT2D eigenvalue weighted by Crippen LogP contribution is -2.06. The van der Waals surface area contributed by atoms with E-state index in [1.54, 1.807) is 11.1 Å². The minimum absolute atomic E-state index is 0.449. The van der Waals surface area contributed by atoms with Crippen molar-refractivity contribution < 1.29 is 0 Å². The summed E-state index contributed by atoms with van der Waals surface area (Å²) in [6, 6.07) is 9.60. The van der Waals surface area contributed by atoms with Crippen molar-refractivity contribution in [1.82, 2.24) is 0 Å². The van der Waals surface area contributed by atoms with Crippen molar-refractivity contribution in [2.45, 2.75) is 104 Å². The first-order valence-electron chi connectivity index (χ1n) is 12.4. The molecular weight excluding hydrogens is 348 g/mol. The Labute approximate surface area is 180 Å². The largest absolute Gasteiger partial charge is 0.0958 e. The van der Waals surface area contributed by atoms with Crippen molar-refractivity contribution in [1.29, 1.82) is 0 Å². The van der Waals surface area contributed by atoms with Gasteiger partial charge in [-0.15, -0.1) is 0 Å². The zero-order valence-corrected chi connectivity index (χ0v) is 19.6. The van der Waals surface area contributed by atoms with Gasteiger partial charge in [-0.2, -0.15) is 0 Å². The average Bonchev–Trinajstić information content (AvgIpc) is 3.63. The van der Waals surface area contributed by atoms with Crippen molar-refractivity contribution in [3.05, 3.63) is 59.2 Å². The van der Waals surface area contributed by atoms with Gasteiger partial charge in [0, 0.05) is 0 Å². The number of rotatable bonds is 13. The van der Waals surface area contributed by atoms with E-state index in [4.69, 9.17) is 0 Å². The lowest BCUT2D eigenvalue weighted by molar-refractivity contribution is 0.464. The fraction of sp³-hybridized carbons (Fsp3) is 0.655. The van der Waals surface area contributed by atoms with Gasteiger partial charge in [-0.25, -0.2) is 0 Å². The van der Waals surface area contributed by atoms with Crippen LogP contribution in [0.15, 0.2) is 48.1 Å². The lowest BCUT2D eigenvalue weighted by Gasteiger charge is -2.18. The molecule has 0 heterocycles. The quantitative estimate of drug-likeness (QED) is 0.294. The van der Waals surface area contributed by atoms with Crippen molar-refractivity contribution >= 4 is 0 Å². The third-order valence-corrected chi connectivity index (χ3v) is 7.80. The molecule has 0 aromatic heterocycles. The Hall–Kier alpha value is -1.30. The first kappa shape index (κ1) is 22.4. The smallest absolute Gasteiger partial charge is 0.00465 e. The summed E-state index contributed by atoms with van der Waals surface area (Å²) in [5.74, 6) is 2.65. The summed E-state index contributed by atoms with van der Waals surface area (Å²) >= 11 is 0. The Morgan fingerprint density at radius 3 is 2.38 bits per heavy atom. The normalized spacial score (nSPS) is 25.1. The molecule has 0 heteroatoms. The topological polar surface area (TPSA) is 0 Å². The summed E-state index contributed by atoms with van der Waals surface area (Å²) < 4.78 is 0. The molecule has 0 spiro atoms. The minimum Gasteiger partial charge on any atom is -0.0958 e. The van der Waals surface area contributed by atoms with Crippen LogP contribution in [0.5, 0.6) is 0 Å². The maximum Gasteiger partial charge on any atom is -0.00465 e. The van der Waals surface area contributed by atoms with E-state index < -0.39 is 0 Å². The van der Waals surface area contributed by atoms with E-state index in [0.29, 0.717) is 5.41 Å². The monoisotopic (exact) mass is 392 g/mol. The molecule has 3 unspecified atom stereocenters. The van der Waals surface area contributed by atoms with Crippen LogP contribution in [0.4, 0.5) is 0 Å². The van der Waals surface area contributed by atoms with E-state index in [2.05, 4.69) is 64.6 Å². The summed E-state index contributed by atoms with van der Waals surface area (Å²) in [5, 5.41) is 0. The van der Waals surface area contributed by atoms with Crippen molar-refractivity contribution in [2.24, 2.45) is 17.8 Å². The highest BCUT2D eigenvalue weighted by Crippen LogP contribution is 2.53. The SMILES string of the molecule is C=C(/C=C(/CCC)CCC(CC)Cc1ccc(C2(C)CC2C)cc1)CCC1CC1. The van der Waals surface area contributed by atoms with Crippen LogP contribution in [0, 0.1) is 17.8 Å². The van der Waals surface area contributed by atoms with E-state index in [0.717, 1.165) is 17.8 Å². The molecule has 0 N–H and O–H groups in total. The van der Waals surface area contributed by atoms with Gasteiger partial charge in [-0.3, -0.25) is 0 Å². The number of benzene rings is 1. The summed E-state index contributed by atoms with van der Waals surface area (Å²) in [6.45, 7) is 13.8. The highest BCUT2D eigenvalue weighted by Gasteiger charge is 2.47. The second kappa shape index (κ2) is 10.1. The maximum atomic E-state index is 4.35. The number of allylic oxidation sites excluding steroid dienone is 3. The summed E-state index contributed by atoms with van der Waals surface area (Å²) in [7, 11) is 0. The molecule has 3 rings (SSSR count). The molecular formula is C29H44. The van der Waals surface area contributed by atoms with Crippen LogP contribution in [0.1, 0.15) is 103 Å². The molecule has 2 aliphatic rings. The molecule has 3 atom stereocenters. The van der Waals surface area contributed by atoms with Crippen LogP contribution in [-0.4, -0.2) is 0 Å². The second-order valence-electron chi connectivity index (χ2n) is 10.4. The molecule has 1 aromatic rings. The van der Waals surface area contributed by atoms with Crippen molar-refractivity contribution in [3.8, 4) is 0 Å². The van der Waals surface area contributed by atoms with Gasteiger partial charge < -0.3 is 0 Å². The Morgan fingerprint density at radius 1 is 1.14 bits per heavy atom. The first-order valence-corrected chi connectivity index (χ1v) is 12.4. The third kappa shape index (κ3) is 6.59. The summed E-state index contributed by atoms with van der Waals surface area (Å²) in [4.78, 5) is 0. The van der Waals surface area contributed by atoms with E-state index in [1.807, 2.05) is 0 Å². The zero-order valence-electron chi connectivity index (χ0n) is 19.6. The molecule has 29 heavy (non-hydrogen) atoms. The average molecular weight is 393 g/mol. The molecule has 1 aromatic carbocycles. The van der Waals surface area contributed by atoms with Gasteiger partial charge in [-0.1, -0.05) is 101 Å². The molecule has 0 amide bonds. The molecule has 0 nitrogen and oxygen atoms in total. The second-order valence-corrected chi connectivity index (χ2v) is 10.4. The Balaban J connectivity index is 1.50. The molecule has 2 fully saturated rings. The minimum atomic E-state index is 0.449. The van der Waals surface area contributed by atoms with Crippen molar-refractivity contribution in [3.63, 3.8) is 0 Å². The lowest BCUT2D eigenvalue weighted by atomic mass is 9.88. The van der Waals surface area contributed by atoms with Gasteiger partial charge in [-0.05, 0) is 79.2 Å². The fourth-order valence-electron chi connectivity index (χ4n) is 4.92. The molecule has 2 aliphatic carbocycles. The van der Waals surface area contributed by atoms with E-state index in [1.165, 1.54) is 81.8 Å². The van der Waals surface area contributed by atoms with Gasteiger partial charge >= 0.3 is 0 Å². The van der Waals surface area contributed by atoms with Gasteiger partial charge in [0.25, 0.3) is 0 Å². The van der Waals surface area contributed by atoms with Gasteiger partial charge in [0.2, 0.25) is 0 Å². The Kier molecular flexibility index (Phi) is 7.83. The van der Waals surface area contributed by atoms with Gasteiger partial charge in [0.15, 0.2) is 0 Å². The highest BCUT2D eigenvalue weighted by molar-refractivity contribution is 5.34. The Morgan fingerprint density at radius 2 is 1.83 bits per heavy atom. The van der Waals surface area contributed by atoms with Gasteiger partial charge in [0.1, 0.15) is 0 Å². The molecule has 0 aliphatic heterocycles. The number of hydrogen-bond donors (Lipinski definition) is 0.